The fourth-order valence-electron chi connectivity index (χ4n) is 1.74. The van der Waals surface area contributed by atoms with E-state index in [1.807, 2.05) is 0 Å². The Morgan fingerprint density at radius 3 is 2.24 bits per heavy atom. The second-order valence-electron chi connectivity index (χ2n) is 5.87. The van der Waals surface area contributed by atoms with Gasteiger partial charge < -0.3 is 11.1 Å². The third-order valence-electron chi connectivity index (χ3n) is 2.92. The molecular formula is C15H26N2. The number of rotatable bonds is 5. The second kappa shape index (κ2) is 6.06. The first-order valence-corrected chi connectivity index (χ1v) is 6.49. The Labute approximate surface area is 106 Å². The van der Waals surface area contributed by atoms with E-state index in [9.17, 15) is 0 Å². The first-order valence-electron chi connectivity index (χ1n) is 6.49. The third kappa shape index (κ3) is 5.22. The number of anilines is 1. The third-order valence-corrected chi connectivity index (χ3v) is 2.92. The van der Waals surface area contributed by atoms with E-state index in [0.717, 1.165) is 19.4 Å². The summed E-state index contributed by atoms with van der Waals surface area (Å²) in [4.78, 5) is 0. The Morgan fingerprint density at radius 1 is 1.18 bits per heavy atom. The van der Waals surface area contributed by atoms with Gasteiger partial charge >= 0.3 is 0 Å². The molecule has 1 unspecified atom stereocenters. The molecule has 0 heterocycles. The Morgan fingerprint density at radius 2 is 1.76 bits per heavy atom. The van der Waals surface area contributed by atoms with Crippen molar-refractivity contribution in [3.05, 3.63) is 29.8 Å². The molecule has 1 atom stereocenters. The summed E-state index contributed by atoms with van der Waals surface area (Å²) in [5.41, 5.74) is 8.51. The highest BCUT2D eigenvalue weighted by Crippen LogP contribution is 2.23. The molecule has 2 heteroatoms. The number of hydrogen-bond donors (Lipinski definition) is 2. The standard InChI is InChI=1S/C15H26N2/c1-12(16)6-5-11-17-14-9-7-13(8-10-14)15(2,3)4/h7-10,12,17H,5-6,11,16H2,1-4H3. The minimum absolute atomic E-state index is 0.230. The summed E-state index contributed by atoms with van der Waals surface area (Å²) in [6.07, 6.45) is 2.20. The Bertz CT molecular complexity index is 320. The molecule has 0 radical (unpaired) electrons. The lowest BCUT2D eigenvalue weighted by Crippen LogP contribution is -2.16. The van der Waals surface area contributed by atoms with Crippen molar-refractivity contribution in [3.8, 4) is 0 Å². The van der Waals surface area contributed by atoms with E-state index in [4.69, 9.17) is 5.73 Å². The molecule has 0 spiro atoms. The molecule has 1 aromatic carbocycles. The molecule has 0 aliphatic carbocycles. The van der Waals surface area contributed by atoms with Crippen LogP contribution in [0.15, 0.2) is 24.3 Å². The molecule has 0 fully saturated rings. The SMILES string of the molecule is CC(N)CCCNc1ccc(C(C)(C)C)cc1. The number of nitrogens with two attached hydrogens (primary N) is 1. The summed E-state index contributed by atoms with van der Waals surface area (Å²) in [5, 5.41) is 3.42. The maximum absolute atomic E-state index is 5.71. The van der Waals surface area contributed by atoms with Crippen LogP contribution in [0.4, 0.5) is 5.69 Å². The Kier molecular flexibility index (Phi) is 5.01. The molecule has 0 aliphatic heterocycles. The van der Waals surface area contributed by atoms with Gasteiger partial charge in [0.1, 0.15) is 0 Å². The molecular weight excluding hydrogens is 208 g/mol. The van der Waals surface area contributed by atoms with Crippen molar-refractivity contribution in [1.29, 1.82) is 0 Å². The molecule has 1 aromatic rings. The van der Waals surface area contributed by atoms with E-state index < -0.39 is 0 Å². The lowest BCUT2D eigenvalue weighted by Gasteiger charge is -2.19. The van der Waals surface area contributed by atoms with E-state index >= 15 is 0 Å². The summed E-state index contributed by atoms with van der Waals surface area (Å²) >= 11 is 0. The van der Waals surface area contributed by atoms with Gasteiger partial charge in [-0.2, -0.15) is 0 Å². The molecule has 0 aliphatic rings. The summed E-state index contributed by atoms with van der Waals surface area (Å²) in [7, 11) is 0. The number of benzene rings is 1. The van der Waals surface area contributed by atoms with Crippen molar-refractivity contribution >= 4 is 5.69 Å². The molecule has 2 nitrogen and oxygen atoms in total. The molecule has 0 bridgehead atoms. The van der Waals surface area contributed by atoms with Gasteiger partial charge in [-0.05, 0) is 42.9 Å². The summed E-state index contributed by atoms with van der Waals surface area (Å²) in [6.45, 7) is 9.75. The monoisotopic (exact) mass is 234 g/mol. The van der Waals surface area contributed by atoms with Gasteiger partial charge in [-0.25, -0.2) is 0 Å². The van der Waals surface area contributed by atoms with Crippen LogP contribution < -0.4 is 11.1 Å². The predicted molar refractivity (Wildman–Crippen MR) is 76.5 cm³/mol. The topological polar surface area (TPSA) is 38.0 Å². The van der Waals surface area contributed by atoms with Gasteiger partial charge in [-0.15, -0.1) is 0 Å². The van der Waals surface area contributed by atoms with Gasteiger partial charge in [0.05, 0.1) is 0 Å². The van der Waals surface area contributed by atoms with Crippen LogP contribution in [0.2, 0.25) is 0 Å². The van der Waals surface area contributed by atoms with Crippen LogP contribution in [-0.2, 0) is 5.41 Å². The minimum Gasteiger partial charge on any atom is -0.385 e. The van der Waals surface area contributed by atoms with Crippen LogP contribution in [-0.4, -0.2) is 12.6 Å². The first-order chi connectivity index (χ1) is 7.89. The van der Waals surface area contributed by atoms with E-state index in [1.165, 1.54) is 11.3 Å². The molecule has 17 heavy (non-hydrogen) atoms. The van der Waals surface area contributed by atoms with Crippen LogP contribution in [0.3, 0.4) is 0 Å². The van der Waals surface area contributed by atoms with Crippen molar-refractivity contribution in [3.63, 3.8) is 0 Å². The lowest BCUT2D eigenvalue weighted by molar-refractivity contribution is 0.590. The van der Waals surface area contributed by atoms with Gasteiger partial charge in [-0.1, -0.05) is 32.9 Å². The van der Waals surface area contributed by atoms with Crippen molar-refractivity contribution in [2.75, 3.05) is 11.9 Å². The predicted octanol–water partition coefficient (Wildman–Crippen LogP) is 3.52. The second-order valence-corrected chi connectivity index (χ2v) is 5.87. The summed E-state index contributed by atoms with van der Waals surface area (Å²) in [5.74, 6) is 0. The summed E-state index contributed by atoms with van der Waals surface area (Å²) < 4.78 is 0. The van der Waals surface area contributed by atoms with Crippen LogP contribution in [0, 0.1) is 0 Å². The van der Waals surface area contributed by atoms with E-state index in [0.29, 0.717) is 6.04 Å². The van der Waals surface area contributed by atoms with Gasteiger partial charge in [0, 0.05) is 18.3 Å². The lowest BCUT2D eigenvalue weighted by atomic mass is 9.87. The number of nitrogens with one attached hydrogen (secondary N) is 1. The van der Waals surface area contributed by atoms with E-state index in [1.54, 1.807) is 0 Å². The first kappa shape index (κ1) is 14.0. The zero-order valence-electron chi connectivity index (χ0n) is 11.6. The number of hydrogen-bond acceptors (Lipinski definition) is 2. The quantitative estimate of drug-likeness (QED) is 0.765. The van der Waals surface area contributed by atoms with Crippen molar-refractivity contribution < 1.29 is 0 Å². The van der Waals surface area contributed by atoms with Crippen LogP contribution >= 0.6 is 0 Å². The van der Waals surface area contributed by atoms with Gasteiger partial charge in [0.25, 0.3) is 0 Å². The smallest absolute Gasteiger partial charge is 0.0340 e. The van der Waals surface area contributed by atoms with Crippen molar-refractivity contribution in [2.45, 2.75) is 52.0 Å². The fraction of sp³-hybridized carbons (Fsp3) is 0.600. The van der Waals surface area contributed by atoms with Gasteiger partial charge in [0.15, 0.2) is 0 Å². The highest BCUT2D eigenvalue weighted by Gasteiger charge is 2.12. The zero-order valence-corrected chi connectivity index (χ0v) is 11.6. The van der Waals surface area contributed by atoms with Crippen LogP contribution in [0.5, 0.6) is 0 Å². The van der Waals surface area contributed by atoms with Gasteiger partial charge in [-0.3, -0.25) is 0 Å². The fourth-order valence-corrected chi connectivity index (χ4v) is 1.74. The molecule has 0 aromatic heterocycles. The molecule has 0 amide bonds. The Hall–Kier alpha value is -1.02. The highest BCUT2D eigenvalue weighted by atomic mass is 14.9. The van der Waals surface area contributed by atoms with Crippen LogP contribution in [0.1, 0.15) is 46.1 Å². The molecule has 96 valence electrons. The largest absolute Gasteiger partial charge is 0.385 e. The maximum atomic E-state index is 5.71. The maximum Gasteiger partial charge on any atom is 0.0340 e. The van der Waals surface area contributed by atoms with E-state index in [-0.39, 0.29) is 5.41 Å². The average molecular weight is 234 g/mol. The normalized spacial score (nSPS) is 13.5. The van der Waals surface area contributed by atoms with Crippen molar-refractivity contribution in [1.82, 2.24) is 0 Å². The molecule has 1 rings (SSSR count). The zero-order chi connectivity index (χ0) is 12.9. The molecule has 0 saturated heterocycles. The van der Waals surface area contributed by atoms with Crippen molar-refractivity contribution in [2.24, 2.45) is 5.73 Å². The van der Waals surface area contributed by atoms with Crippen LogP contribution in [0.25, 0.3) is 0 Å². The van der Waals surface area contributed by atoms with Gasteiger partial charge in [0.2, 0.25) is 0 Å². The molecule has 3 N–H and O–H groups in total. The average Bonchev–Trinajstić information content (AvgIpc) is 2.23. The summed E-state index contributed by atoms with van der Waals surface area (Å²) in [6, 6.07) is 9.03. The molecule has 0 saturated carbocycles. The highest BCUT2D eigenvalue weighted by molar-refractivity contribution is 5.45. The van der Waals surface area contributed by atoms with E-state index in [2.05, 4.69) is 57.3 Å². The Balaban J connectivity index is 2.41. The minimum atomic E-state index is 0.230.